The monoisotopic (exact) mass is 233 g/mol. The maximum Gasteiger partial charge on any atom is 0.0884 e. The minimum absolute atomic E-state index is 0.132. The lowest BCUT2D eigenvalue weighted by Crippen LogP contribution is -2.44. The lowest BCUT2D eigenvalue weighted by atomic mass is 9.68. The van der Waals surface area contributed by atoms with Crippen LogP contribution in [0, 0.1) is 5.41 Å². The van der Waals surface area contributed by atoms with Crippen molar-refractivity contribution in [3.05, 3.63) is 35.9 Å². The van der Waals surface area contributed by atoms with Crippen LogP contribution in [0.4, 0.5) is 0 Å². The van der Waals surface area contributed by atoms with Crippen LogP contribution < -0.4 is 5.73 Å². The van der Waals surface area contributed by atoms with Crippen LogP contribution in [-0.2, 0) is 4.74 Å². The summed E-state index contributed by atoms with van der Waals surface area (Å²) in [6, 6.07) is 9.80. The molecule has 0 radical (unpaired) electrons. The Bertz CT molecular complexity index is 394. The zero-order valence-corrected chi connectivity index (χ0v) is 9.88. The third-order valence-electron chi connectivity index (χ3n) is 4.40. The molecule has 1 aromatic rings. The van der Waals surface area contributed by atoms with Crippen LogP contribution in [0.2, 0.25) is 0 Å². The molecule has 3 rings (SSSR count). The van der Waals surface area contributed by atoms with E-state index >= 15 is 0 Å². The highest BCUT2D eigenvalue weighted by atomic mass is 16.5. The Labute approximate surface area is 102 Å². The lowest BCUT2D eigenvalue weighted by Gasteiger charge is -2.38. The Morgan fingerprint density at radius 2 is 2.12 bits per heavy atom. The molecule has 4 atom stereocenters. The van der Waals surface area contributed by atoms with Crippen molar-refractivity contribution in [3.8, 4) is 0 Å². The molecule has 2 fully saturated rings. The van der Waals surface area contributed by atoms with Crippen molar-refractivity contribution in [2.24, 2.45) is 11.1 Å². The Kier molecular flexibility index (Phi) is 2.69. The number of hydrogen-bond donors (Lipinski definition) is 2. The molecular formula is C14H19NO2. The summed E-state index contributed by atoms with van der Waals surface area (Å²) in [7, 11) is 0. The SMILES string of the molecule is NCC1(C(O)c2ccccc2)CC2CCC1O2. The van der Waals surface area contributed by atoms with Crippen LogP contribution in [0.15, 0.2) is 30.3 Å². The summed E-state index contributed by atoms with van der Waals surface area (Å²) in [5.41, 5.74) is 6.63. The van der Waals surface area contributed by atoms with Crippen LogP contribution in [0.3, 0.4) is 0 Å². The maximum atomic E-state index is 10.6. The molecule has 3 heteroatoms. The van der Waals surface area contributed by atoms with Gasteiger partial charge in [0.05, 0.1) is 18.3 Å². The van der Waals surface area contributed by atoms with E-state index in [4.69, 9.17) is 10.5 Å². The molecule has 0 aromatic heterocycles. The van der Waals surface area contributed by atoms with Crippen LogP contribution in [0.5, 0.6) is 0 Å². The van der Waals surface area contributed by atoms with Gasteiger partial charge in [0.1, 0.15) is 0 Å². The number of hydrogen-bond acceptors (Lipinski definition) is 3. The van der Waals surface area contributed by atoms with Crippen molar-refractivity contribution >= 4 is 0 Å². The average molecular weight is 233 g/mol. The molecule has 0 aliphatic carbocycles. The molecule has 2 bridgehead atoms. The van der Waals surface area contributed by atoms with Crippen molar-refractivity contribution in [3.63, 3.8) is 0 Å². The number of benzene rings is 1. The van der Waals surface area contributed by atoms with E-state index in [9.17, 15) is 5.11 Å². The molecule has 3 N–H and O–H groups in total. The van der Waals surface area contributed by atoms with Crippen molar-refractivity contribution in [2.75, 3.05) is 6.54 Å². The molecule has 17 heavy (non-hydrogen) atoms. The number of aliphatic hydroxyl groups excluding tert-OH is 1. The second kappa shape index (κ2) is 4.09. The van der Waals surface area contributed by atoms with E-state index in [1.165, 1.54) is 0 Å². The standard InChI is InChI=1S/C14H19NO2/c15-9-14(8-11-6-7-12(14)17-11)13(16)10-4-2-1-3-5-10/h1-5,11-13,16H,6-9,15H2. The van der Waals surface area contributed by atoms with Gasteiger partial charge < -0.3 is 15.6 Å². The Morgan fingerprint density at radius 3 is 2.65 bits per heavy atom. The van der Waals surface area contributed by atoms with Gasteiger partial charge in [-0.2, -0.15) is 0 Å². The van der Waals surface area contributed by atoms with Gasteiger partial charge in [-0.1, -0.05) is 30.3 Å². The summed E-state index contributed by atoms with van der Waals surface area (Å²) in [6.45, 7) is 0.490. The second-order valence-electron chi connectivity index (χ2n) is 5.28. The van der Waals surface area contributed by atoms with E-state index in [-0.39, 0.29) is 11.5 Å². The highest BCUT2D eigenvalue weighted by Crippen LogP contribution is 2.53. The second-order valence-corrected chi connectivity index (χ2v) is 5.28. The molecule has 2 saturated heterocycles. The predicted molar refractivity (Wildman–Crippen MR) is 65.4 cm³/mol. The number of rotatable bonds is 3. The zero-order valence-electron chi connectivity index (χ0n) is 9.88. The Balaban J connectivity index is 1.91. The third kappa shape index (κ3) is 1.61. The fourth-order valence-corrected chi connectivity index (χ4v) is 3.42. The van der Waals surface area contributed by atoms with Crippen molar-refractivity contribution in [1.82, 2.24) is 0 Å². The molecule has 0 spiro atoms. The Morgan fingerprint density at radius 1 is 1.35 bits per heavy atom. The van der Waals surface area contributed by atoms with Gasteiger partial charge in [-0.3, -0.25) is 0 Å². The van der Waals surface area contributed by atoms with Gasteiger partial charge in [0.25, 0.3) is 0 Å². The maximum absolute atomic E-state index is 10.6. The van der Waals surface area contributed by atoms with Crippen molar-refractivity contribution < 1.29 is 9.84 Å². The van der Waals surface area contributed by atoms with Crippen molar-refractivity contribution in [1.29, 1.82) is 0 Å². The minimum atomic E-state index is -0.510. The topological polar surface area (TPSA) is 55.5 Å². The van der Waals surface area contributed by atoms with Gasteiger partial charge in [-0.25, -0.2) is 0 Å². The van der Waals surface area contributed by atoms with Crippen LogP contribution in [0.25, 0.3) is 0 Å². The summed E-state index contributed by atoms with van der Waals surface area (Å²) in [6.07, 6.45) is 2.97. The van der Waals surface area contributed by atoms with E-state index in [1.54, 1.807) is 0 Å². The van der Waals surface area contributed by atoms with Crippen molar-refractivity contribution in [2.45, 2.75) is 37.6 Å². The molecule has 92 valence electrons. The summed E-state index contributed by atoms with van der Waals surface area (Å²) in [5, 5.41) is 10.6. The molecule has 4 unspecified atom stereocenters. The van der Waals surface area contributed by atoms with Gasteiger partial charge in [0.2, 0.25) is 0 Å². The van der Waals surface area contributed by atoms with Crippen LogP contribution >= 0.6 is 0 Å². The largest absolute Gasteiger partial charge is 0.388 e. The molecule has 2 heterocycles. The van der Waals surface area contributed by atoms with Gasteiger partial charge in [-0.05, 0) is 24.8 Å². The highest BCUT2D eigenvalue weighted by Gasteiger charge is 2.55. The first-order valence-electron chi connectivity index (χ1n) is 6.35. The molecule has 3 nitrogen and oxygen atoms in total. The summed E-state index contributed by atoms with van der Waals surface area (Å²) >= 11 is 0. The summed E-state index contributed by atoms with van der Waals surface area (Å²) in [4.78, 5) is 0. The van der Waals surface area contributed by atoms with Gasteiger partial charge in [0, 0.05) is 12.0 Å². The fraction of sp³-hybridized carbons (Fsp3) is 0.571. The molecular weight excluding hydrogens is 214 g/mol. The van der Waals surface area contributed by atoms with Crippen LogP contribution in [0.1, 0.15) is 30.9 Å². The molecule has 0 saturated carbocycles. The van der Waals surface area contributed by atoms with E-state index in [1.807, 2.05) is 30.3 Å². The first-order valence-corrected chi connectivity index (χ1v) is 6.35. The van der Waals surface area contributed by atoms with E-state index in [0.717, 1.165) is 24.8 Å². The lowest BCUT2D eigenvalue weighted by molar-refractivity contribution is -0.0264. The summed E-state index contributed by atoms with van der Waals surface area (Å²) in [5.74, 6) is 0. The van der Waals surface area contributed by atoms with Gasteiger partial charge >= 0.3 is 0 Å². The summed E-state index contributed by atoms with van der Waals surface area (Å²) < 4.78 is 5.88. The van der Waals surface area contributed by atoms with Gasteiger partial charge in [-0.15, -0.1) is 0 Å². The zero-order chi connectivity index (χ0) is 11.9. The minimum Gasteiger partial charge on any atom is -0.388 e. The van der Waals surface area contributed by atoms with Gasteiger partial charge in [0.15, 0.2) is 0 Å². The molecule has 2 aliphatic heterocycles. The number of aliphatic hydroxyl groups is 1. The first kappa shape index (κ1) is 11.2. The third-order valence-corrected chi connectivity index (χ3v) is 4.40. The number of fused-ring (bicyclic) bond motifs is 2. The molecule has 2 aliphatic rings. The Hall–Kier alpha value is -0.900. The number of nitrogens with two attached hydrogens (primary N) is 1. The number of ether oxygens (including phenoxy) is 1. The van der Waals surface area contributed by atoms with Crippen LogP contribution in [-0.4, -0.2) is 23.9 Å². The quantitative estimate of drug-likeness (QED) is 0.834. The van der Waals surface area contributed by atoms with E-state index < -0.39 is 6.10 Å². The smallest absolute Gasteiger partial charge is 0.0884 e. The molecule has 0 amide bonds. The van der Waals surface area contributed by atoms with E-state index in [2.05, 4.69) is 0 Å². The highest BCUT2D eigenvalue weighted by molar-refractivity contribution is 5.22. The van der Waals surface area contributed by atoms with E-state index in [0.29, 0.717) is 12.6 Å². The normalized spacial score (nSPS) is 37.3. The first-order chi connectivity index (χ1) is 8.26. The average Bonchev–Trinajstić information content (AvgIpc) is 2.99. The molecule has 1 aromatic carbocycles. The fourth-order valence-electron chi connectivity index (χ4n) is 3.42. The predicted octanol–water partition coefficient (Wildman–Crippen LogP) is 1.62.